The summed E-state index contributed by atoms with van der Waals surface area (Å²) in [5.41, 5.74) is 0. The second-order valence-electron chi connectivity index (χ2n) is 3.22. The van der Waals surface area contributed by atoms with E-state index in [1.165, 1.54) is 0 Å². The normalized spacial score (nSPS) is 10.9. The van der Waals surface area contributed by atoms with Crippen molar-refractivity contribution >= 4 is 35.0 Å². The van der Waals surface area contributed by atoms with E-state index in [2.05, 4.69) is 19.2 Å². The fraction of sp³-hybridized carbons (Fsp3) is 0.400. The minimum atomic E-state index is 0.505. The summed E-state index contributed by atoms with van der Waals surface area (Å²) in [5, 5.41) is 4.53. The van der Waals surface area contributed by atoms with E-state index >= 15 is 0 Å². The molecule has 0 fully saturated rings. The topological polar surface area (TPSA) is 12.0 Å². The molecule has 0 aliphatic heterocycles. The fourth-order valence-corrected chi connectivity index (χ4v) is 2.17. The predicted molar refractivity (Wildman–Crippen MR) is 65.5 cm³/mol. The number of rotatable bonds is 4. The van der Waals surface area contributed by atoms with E-state index in [4.69, 9.17) is 23.2 Å². The summed E-state index contributed by atoms with van der Waals surface area (Å²) in [4.78, 5) is 1.13. The largest absolute Gasteiger partial charge is 0.305 e. The molecule has 78 valence electrons. The van der Waals surface area contributed by atoms with Gasteiger partial charge in [-0.2, -0.15) is 0 Å². The molecule has 1 rings (SSSR count). The molecule has 4 heteroatoms. The first-order valence-corrected chi connectivity index (χ1v) is 6.15. The number of thioether (sulfide) groups is 1. The van der Waals surface area contributed by atoms with Gasteiger partial charge in [0.1, 0.15) is 0 Å². The van der Waals surface area contributed by atoms with Gasteiger partial charge in [-0.1, -0.05) is 37.0 Å². The molecule has 1 aromatic carbocycles. The van der Waals surface area contributed by atoms with E-state index in [-0.39, 0.29) is 0 Å². The number of halogens is 2. The molecule has 0 atom stereocenters. The third-order valence-electron chi connectivity index (χ3n) is 1.62. The van der Waals surface area contributed by atoms with Gasteiger partial charge < -0.3 is 5.32 Å². The van der Waals surface area contributed by atoms with Crippen molar-refractivity contribution < 1.29 is 0 Å². The predicted octanol–water partition coefficient (Wildman–Crippen LogP) is 4.04. The van der Waals surface area contributed by atoms with Crippen LogP contribution in [0.25, 0.3) is 0 Å². The Morgan fingerprint density at radius 1 is 1.29 bits per heavy atom. The van der Waals surface area contributed by atoms with Gasteiger partial charge in [0.2, 0.25) is 0 Å². The van der Waals surface area contributed by atoms with Gasteiger partial charge in [-0.3, -0.25) is 0 Å². The van der Waals surface area contributed by atoms with Crippen molar-refractivity contribution in [3.63, 3.8) is 0 Å². The molecule has 0 spiro atoms. The Labute approximate surface area is 99.2 Å². The molecular weight excluding hydrogens is 237 g/mol. The van der Waals surface area contributed by atoms with Crippen LogP contribution in [0.3, 0.4) is 0 Å². The standard InChI is InChI=1S/C10H13Cl2NS/c1-7(2)13-6-14-8-3-4-9(11)10(12)5-8/h3-5,7,13H,6H2,1-2H3. The SMILES string of the molecule is CC(C)NCSc1ccc(Cl)c(Cl)c1. The summed E-state index contributed by atoms with van der Waals surface area (Å²) in [7, 11) is 0. The van der Waals surface area contributed by atoms with E-state index in [9.17, 15) is 0 Å². The summed E-state index contributed by atoms with van der Waals surface area (Å²) in [6.45, 7) is 4.24. The summed E-state index contributed by atoms with van der Waals surface area (Å²) in [6.07, 6.45) is 0. The Morgan fingerprint density at radius 3 is 2.57 bits per heavy atom. The van der Waals surface area contributed by atoms with Crippen molar-refractivity contribution in [2.45, 2.75) is 24.8 Å². The van der Waals surface area contributed by atoms with Crippen LogP contribution >= 0.6 is 35.0 Å². The van der Waals surface area contributed by atoms with Gasteiger partial charge in [0.25, 0.3) is 0 Å². The number of benzene rings is 1. The Hall–Kier alpha value is 0.110. The van der Waals surface area contributed by atoms with Gasteiger partial charge in [0, 0.05) is 16.8 Å². The highest BCUT2D eigenvalue weighted by Crippen LogP contribution is 2.27. The molecule has 0 aromatic heterocycles. The van der Waals surface area contributed by atoms with E-state index in [0.717, 1.165) is 10.8 Å². The maximum absolute atomic E-state index is 5.89. The summed E-state index contributed by atoms with van der Waals surface area (Å²) >= 11 is 13.4. The van der Waals surface area contributed by atoms with Crippen molar-refractivity contribution in [2.75, 3.05) is 5.88 Å². The zero-order valence-corrected chi connectivity index (χ0v) is 10.5. The van der Waals surface area contributed by atoms with Crippen molar-refractivity contribution in [2.24, 2.45) is 0 Å². The molecule has 0 unspecified atom stereocenters. The lowest BCUT2D eigenvalue weighted by Gasteiger charge is -2.07. The van der Waals surface area contributed by atoms with Gasteiger partial charge in [0.15, 0.2) is 0 Å². The van der Waals surface area contributed by atoms with Gasteiger partial charge in [-0.25, -0.2) is 0 Å². The highest BCUT2D eigenvalue weighted by molar-refractivity contribution is 7.99. The summed E-state index contributed by atoms with van der Waals surface area (Å²) < 4.78 is 0. The first kappa shape index (κ1) is 12.2. The van der Waals surface area contributed by atoms with Crippen LogP contribution in [0, 0.1) is 0 Å². The van der Waals surface area contributed by atoms with Crippen LogP contribution in [-0.4, -0.2) is 11.9 Å². The molecule has 1 aromatic rings. The number of hydrogen-bond acceptors (Lipinski definition) is 2. The lowest BCUT2D eigenvalue weighted by Crippen LogP contribution is -2.21. The molecule has 1 N–H and O–H groups in total. The van der Waals surface area contributed by atoms with Gasteiger partial charge in [-0.15, -0.1) is 11.8 Å². The van der Waals surface area contributed by atoms with Gasteiger partial charge in [0.05, 0.1) is 10.0 Å². The average Bonchev–Trinajstić information content (AvgIpc) is 2.10. The highest BCUT2D eigenvalue weighted by atomic mass is 35.5. The highest BCUT2D eigenvalue weighted by Gasteiger charge is 2.00. The van der Waals surface area contributed by atoms with Crippen LogP contribution in [0.15, 0.2) is 23.1 Å². The van der Waals surface area contributed by atoms with Crippen LogP contribution in [0.2, 0.25) is 10.0 Å². The molecule has 0 bridgehead atoms. The molecule has 0 aliphatic rings. The lowest BCUT2D eigenvalue weighted by molar-refractivity contribution is 0.654. The molecule has 0 heterocycles. The van der Waals surface area contributed by atoms with E-state index in [1.54, 1.807) is 11.8 Å². The Bertz CT molecular complexity index is 302. The van der Waals surface area contributed by atoms with Crippen molar-refractivity contribution in [1.29, 1.82) is 0 Å². The van der Waals surface area contributed by atoms with Crippen LogP contribution in [0.4, 0.5) is 0 Å². The van der Waals surface area contributed by atoms with Gasteiger partial charge >= 0.3 is 0 Å². The monoisotopic (exact) mass is 249 g/mol. The van der Waals surface area contributed by atoms with Crippen molar-refractivity contribution in [3.8, 4) is 0 Å². The Morgan fingerprint density at radius 2 is 2.00 bits per heavy atom. The molecule has 0 radical (unpaired) electrons. The summed E-state index contributed by atoms with van der Waals surface area (Å²) in [6, 6.07) is 6.18. The third-order valence-corrected chi connectivity index (χ3v) is 3.26. The second-order valence-corrected chi connectivity index (χ2v) is 5.09. The molecule has 0 saturated heterocycles. The Kier molecular flexibility index (Phi) is 5.10. The first-order valence-electron chi connectivity index (χ1n) is 4.41. The molecule has 0 saturated carbocycles. The zero-order chi connectivity index (χ0) is 10.6. The van der Waals surface area contributed by atoms with E-state index in [0.29, 0.717) is 16.1 Å². The second kappa shape index (κ2) is 5.86. The zero-order valence-electron chi connectivity index (χ0n) is 8.18. The van der Waals surface area contributed by atoms with Crippen molar-refractivity contribution in [3.05, 3.63) is 28.2 Å². The molecule has 0 amide bonds. The molecule has 1 nitrogen and oxygen atoms in total. The van der Waals surface area contributed by atoms with Crippen LogP contribution in [0.1, 0.15) is 13.8 Å². The van der Waals surface area contributed by atoms with E-state index in [1.807, 2.05) is 18.2 Å². The maximum atomic E-state index is 5.89. The third kappa shape index (κ3) is 4.09. The molecule has 0 aliphatic carbocycles. The quantitative estimate of drug-likeness (QED) is 0.639. The number of hydrogen-bond donors (Lipinski definition) is 1. The molecule has 14 heavy (non-hydrogen) atoms. The maximum Gasteiger partial charge on any atom is 0.0603 e. The van der Waals surface area contributed by atoms with Crippen LogP contribution in [0.5, 0.6) is 0 Å². The minimum absolute atomic E-state index is 0.505. The number of nitrogens with one attached hydrogen (secondary N) is 1. The average molecular weight is 250 g/mol. The van der Waals surface area contributed by atoms with Gasteiger partial charge in [-0.05, 0) is 18.2 Å². The summed E-state index contributed by atoms with van der Waals surface area (Å²) in [5.74, 6) is 0.885. The van der Waals surface area contributed by atoms with Crippen LogP contribution in [-0.2, 0) is 0 Å². The van der Waals surface area contributed by atoms with Crippen molar-refractivity contribution in [1.82, 2.24) is 5.32 Å². The minimum Gasteiger partial charge on any atom is -0.305 e. The first-order chi connectivity index (χ1) is 6.59. The lowest BCUT2D eigenvalue weighted by atomic mass is 10.4. The smallest absolute Gasteiger partial charge is 0.0603 e. The fourth-order valence-electron chi connectivity index (χ4n) is 0.858. The Balaban J connectivity index is 2.47. The van der Waals surface area contributed by atoms with E-state index < -0.39 is 0 Å². The molecular formula is C10H13Cl2NS. The van der Waals surface area contributed by atoms with Crippen LogP contribution < -0.4 is 5.32 Å².